The Labute approximate surface area is 105 Å². The van der Waals surface area contributed by atoms with E-state index in [1.807, 2.05) is 0 Å². The van der Waals surface area contributed by atoms with Crippen molar-refractivity contribution >= 4 is 9.84 Å². The molecule has 1 saturated carbocycles. The molecule has 0 radical (unpaired) electrons. The number of nitrogens with zero attached hydrogens (tertiary/aromatic N) is 1. The largest absolute Gasteiger partial charge is 0.313 e. The fraction of sp³-hybridized carbons (Fsp3) is 1.00. The molecule has 0 amide bonds. The normalized spacial score (nSPS) is 27.8. The summed E-state index contributed by atoms with van der Waals surface area (Å²) in [5.41, 5.74) is 0. The second-order valence-electron chi connectivity index (χ2n) is 5.59. The van der Waals surface area contributed by atoms with Crippen LogP contribution in [0.5, 0.6) is 0 Å². The molecule has 0 bridgehead atoms. The Morgan fingerprint density at radius 1 is 1.24 bits per heavy atom. The maximum Gasteiger partial charge on any atom is 0.150 e. The molecular weight excluding hydrogens is 236 g/mol. The van der Waals surface area contributed by atoms with Gasteiger partial charge in [0, 0.05) is 19.1 Å². The van der Waals surface area contributed by atoms with E-state index in [1.54, 1.807) is 0 Å². The van der Waals surface area contributed by atoms with Crippen LogP contribution < -0.4 is 5.32 Å². The monoisotopic (exact) mass is 260 g/mol. The van der Waals surface area contributed by atoms with E-state index in [-0.39, 0.29) is 0 Å². The first-order chi connectivity index (χ1) is 8.05. The van der Waals surface area contributed by atoms with Gasteiger partial charge in [-0.2, -0.15) is 0 Å². The summed E-state index contributed by atoms with van der Waals surface area (Å²) in [5, 5.41) is 3.49. The first-order valence-electron chi connectivity index (χ1n) is 6.67. The zero-order valence-corrected chi connectivity index (χ0v) is 11.5. The second-order valence-corrected chi connectivity index (χ2v) is 7.82. The maximum atomic E-state index is 11.3. The Morgan fingerprint density at radius 3 is 2.59 bits per heavy atom. The highest BCUT2D eigenvalue weighted by molar-refractivity contribution is 7.91. The van der Waals surface area contributed by atoms with E-state index in [9.17, 15) is 8.42 Å². The van der Waals surface area contributed by atoms with Crippen LogP contribution in [0, 0.1) is 5.92 Å². The standard InChI is InChI=1S/C12H24N2O2S/c1-14(8-6-13-12-2-3-12)7-4-11-5-9-17(15,16)10-11/h11-13H,2-10H2,1H3. The van der Waals surface area contributed by atoms with E-state index in [1.165, 1.54) is 12.8 Å². The first kappa shape index (κ1) is 13.3. The number of nitrogens with one attached hydrogen (secondary N) is 1. The van der Waals surface area contributed by atoms with Crippen molar-refractivity contribution in [3.8, 4) is 0 Å². The van der Waals surface area contributed by atoms with Crippen LogP contribution in [0.3, 0.4) is 0 Å². The Hall–Kier alpha value is -0.130. The predicted octanol–water partition coefficient (Wildman–Crippen LogP) is 0.495. The molecule has 1 heterocycles. The molecule has 1 unspecified atom stereocenters. The maximum absolute atomic E-state index is 11.3. The predicted molar refractivity (Wildman–Crippen MR) is 69.9 cm³/mol. The Kier molecular flexibility index (Phi) is 4.44. The van der Waals surface area contributed by atoms with E-state index in [0.29, 0.717) is 17.4 Å². The lowest BCUT2D eigenvalue weighted by Gasteiger charge is -2.18. The molecule has 1 N–H and O–H groups in total. The molecule has 0 aromatic rings. The van der Waals surface area contributed by atoms with Crippen LogP contribution in [-0.2, 0) is 9.84 Å². The third-order valence-corrected chi connectivity index (χ3v) is 5.59. The Morgan fingerprint density at radius 2 is 2.00 bits per heavy atom. The van der Waals surface area contributed by atoms with E-state index in [4.69, 9.17) is 0 Å². The van der Waals surface area contributed by atoms with Crippen LogP contribution in [0.15, 0.2) is 0 Å². The van der Waals surface area contributed by atoms with Crippen molar-refractivity contribution in [3.05, 3.63) is 0 Å². The molecule has 0 aromatic heterocycles. The van der Waals surface area contributed by atoms with Crippen molar-refractivity contribution in [2.45, 2.75) is 31.7 Å². The van der Waals surface area contributed by atoms with Gasteiger partial charge in [0.05, 0.1) is 11.5 Å². The average molecular weight is 260 g/mol. The molecule has 1 aliphatic heterocycles. The first-order valence-corrected chi connectivity index (χ1v) is 8.50. The fourth-order valence-corrected chi connectivity index (χ4v) is 4.27. The van der Waals surface area contributed by atoms with Crippen LogP contribution in [0.4, 0.5) is 0 Å². The zero-order chi connectivity index (χ0) is 12.3. The van der Waals surface area contributed by atoms with Gasteiger partial charge < -0.3 is 10.2 Å². The fourth-order valence-electron chi connectivity index (χ4n) is 2.36. The third kappa shape index (κ3) is 4.94. The Bertz CT molecular complexity index is 338. The van der Waals surface area contributed by atoms with E-state index in [0.717, 1.165) is 38.5 Å². The molecule has 1 atom stereocenters. The van der Waals surface area contributed by atoms with Gasteiger partial charge >= 0.3 is 0 Å². The smallest absolute Gasteiger partial charge is 0.150 e. The van der Waals surface area contributed by atoms with E-state index >= 15 is 0 Å². The van der Waals surface area contributed by atoms with Gasteiger partial charge in [0.15, 0.2) is 9.84 Å². The summed E-state index contributed by atoms with van der Waals surface area (Å²) in [5.74, 6) is 1.23. The lowest BCUT2D eigenvalue weighted by molar-refractivity contribution is 0.305. The lowest BCUT2D eigenvalue weighted by atomic mass is 10.1. The van der Waals surface area contributed by atoms with Crippen molar-refractivity contribution in [3.63, 3.8) is 0 Å². The number of likely N-dealkylation sites (N-methyl/N-ethyl adjacent to an activating group) is 1. The van der Waals surface area contributed by atoms with Gasteiger partial charge in [-0.3, -0.25) is 0 Å². The summed E-state index contributed by atoms with van der Waals surface area (Å²) in [7, 11) is -0.571. The van der Waals surface area contributed by atoms with E-state index < -0.39 is 9.84 Å². The lowest BCUT2D eigenvalue weighted by Crippen LogP contribution is -2.31. The summed E-state index contributed by atoms with van der Waals surface area (Å²) in [6, 6.07) is 0.781. The topological polar surface area (TPSA) is 49.4 Å². The van der Waals surface area contributed by atoms with Crippen molar-refractivity contribution in [1.29, 1.82) is 0 Å². The Balaban J connectivity index is 1.54. The molecule has 1 saturated heterocycles. The molecule has 17 heavy (non-hydrogen) atoms. The van der Waals surface area contributed by atoms with Crippen molar-refractivity contribution in [2.24, 2.45) is 5.92 Å². The highest BCUT2D eigenvalue weighted by Crippen LogP contribution is 2.21. The average Bonchev–Trinajstić information content (AvgIpc) is 3.00. The minimum atomic E-state index is -2.69. The molecule has 0 spiro atoms. The van der Waals surface area contributed by atoms with Crippen molar-refractivity contribution in [1.82, 2.24) is 10.2 Å². The highest BCUT2D eigenvalue weighted by atomic mass is 32.2. The van der Waals surface area contributed by atoms with Crippen LogP contribution >= 0.6 is 0 Å². The minimum absolute atomic E-state index is 0.402. The molecule has 2 rings (SSSR count). The summed E-state index contributed by atoms with van der Waals surface area (Å²) < 4.78 is 22.6. The van der Waals surface area contributed by atoms with Gasteiger partial charge in [0.25, 0.3) is 0 Å². The molecule has 5 heteroatoms. The summed E-state index contributed by atoms with van der Waals surface area (Å²) in [6.45, 7) is 3.15. The zero-order valence-electron chi connectivity index (χ0n) is 10.7. The summed E-state index contributed by atoms with van der Waals surface area (Å²) in [6.07, 6.45) is 4.57. The van der Waals surface area contributed by atoms with E-state index in [2.05, 4.69) is 17.3 Å². The minimum Gasteiger partial charge on any atom is -0.313 e. The van der Waals surface area contributed by atoms with Gasteiger partial charge in [-0.25, -0.2) is 8.42 Å². The summed E-state index contributed by atoms with van der Waals surface area (Å²) in [4.78, 5) is 2.31. The molecule has 100 valence electrons. The molecule has 2 aliphatic rings. The quantitative estimate of drug-likeness (QED) is 0.724. The van der Waals surface area contributed by atoms with Crippen LogP contribution in [-0.4, -0.2) is 57.5 Å². The molecular formula is C12H24N2O2S. The number of hydrogen-bond donors (Lipinski definition) is 1. The van der Waals surface area contributed by atoms with Gasteiger partial charge in [-0.1, -0.05) is 0 Å². The molecule has 1 aliphatic carbocycles. The summed E-state index contributed by atoms with van der Waals surface area (Å²) >= 11 is 0. The van der Waals surface area contributed by atoms with Crippen LogP contribution in [0.2, 0.25) is 0 Å². The van der Waals surface area contributed by atoms with Gasteiger partial charge in [0.2, 0.25) is 0 Å². The van der Waals surface area contributed by atoms with Crippen molar-refractivity contribution < 1.29 is 8.42 Å². The van der Waals surface area contributed by atoms with Gasteiger partial charge in [0.1, 0.15) is 0 Å². The van der Waals surface area contributed by atoms with Gasteiger partial charge in [-0.15, -0.1) is 0 Å². The third-order valence-electron chi connectivity index (χ3n) is 3.75. The number of rotatable bonds is 7. The molecule has 4 nitrogen and oxygen atoms in total. The second kappa shape index (κ2) is 5.67. The van der Waals surface area contributed by atoms with Gasteiger partial charge in [-0.05, 0) is 45.2 Å². The highest BCUT2D eigenvalue weighted by Gasteiger charge is 2.27. The van der Waals surface area contributed by atoms with Crippen molar-refractivity contribution in [2.75, 3.05) is 38.2 Å². The van der Waals surface area contributed by atoms with Crippen LogP contribution in [0.25, 0.3) is 0 Å². The van der Waals surface area contributed by atoms with Crippen LogP contribution in [0.1, 0.15) is 25.7 Å². The number of hydrogen-bond acceptors (Lipinski definition) is 4. The number of sulfone groups is 1. The molecule has 0 aromatic carbocycles. The molecule has 2 fully saturated rings. The SMILES string of the molecule is CN(CCNC1CC1)CCC1CCS(=O)(=O)C1.